The summed E-state index contributed by atoms with van der Waals surface area (Å²) in [5, 5.41) is 8.26. The monoisotopic (exact) mass is 232 g/mol. The van der Waals surface area contributed by atoms with E-state index < -0.39 is 0 Å². The molecule has 1 atom stereocenters. The summed E-state index contributed by atoms with van der Waals surface area (Å²) in [6, 6.07) is 0. The fraction of sp³-hybridized carbons (Fsp3) is 1.00. The highest BCUT2D eigenvalue weighted by Gasteiger charge is 1.92. The molecule has 1 unspecified atom stereocenters. The van der Waals surface area contributed by atoms with Gasteiger partial charge in [-0.25, -0.2) is 0 Å². The number of aliphatic hydroxyl groups is 1. The van der Waals surface area contributed by atoms with Crippen molar-refractivity contribution < 1.29 is 5.11 Å². The molecule has 0 aliphatic carbocycles. The number of aliphatic hydroxyl groups excluding tert-OH is 1. The molecule has 0 aliphatic heterocycles. The molecule has 0 aromatic rings. The molecule has 0 amide bonds. The van der Waals surface area contributed by atoms with E-state index >= 15 is 0 Å². The van der Waals surface area contributed by atoms with Gasteiger partial charge in [-0.3, -0.25) is 0 Å². The first-order valence-corrected chi connectivity index (χ1v) is 5.52. The standard InChI is InChI=1S/C3H8OS2.C3H8S2/c4-1-3(6)2-5;1-2-3(4)5/h3-6H,1-2H2;3-5H,2H2,1H3. The molecule has 0 spiro atoms. The normalized spacial score (nSPS) is 12.3. The lowest BCUT2D eigenvalue weighted by atomic mass is 10.5. The first-order valence-electron chi connectivity index (χ1n) is 3.34. The second kappa shape index (κ2) is 11.4. The molecular formula is C6H16OS4. The van der Waals surface area contributed by atoms with Gasteiger partial charge in [-0.05, 0) is 6.42 Å². The molecule has 0 saturated carbocycles. The summed E-state index contributed by atoms with van der Waals surface area (Å²) >= 11 is 15.7. The lowest BCUT2D eigenvalue weighted by Gasteiger charge is -1.96. The Kier molecular flexibility index (Phi) is 15.3. The van der Waals surface area contributed by atoms with Gasteiger partial charge >= 0.3 is 0 Å². The van der Waals surface area contributed by atoms with Crippen LogP contribution in [0.5, 0.6) is 0 Å². The van der Waals surface area contributed by atoms with Crippen LogP contribution in [-0.2, 0) is 0 Å². The molecule has 1 N–H and O–H groups in total. The van der Waals surface area contributed by atoms with Gasteiger partial charge in [-0.2, -0.15) is 50.5 Å². The fourth-order valence-corrected chi connectivity index (χ4v) is 0.173. The second-order valence-electron chi connectivity index (χ2n) is 1.91. The highest BCUT2D eigenvalue weighted by molar-refractivity contribution is 7.99. The molecule has 11 heavy (non-hydrogen) atoms. The Balaban J connectivity index is 0. The highest BCUT2D eigenvalue weighted by atomic mass is 32.2. The van der Waals surface area contributed by atoms with Crippen molar-refractivity contribution in [1.29, 1.82) is 0 Å². The molecule has 0 fully saturated rings. The average Bonchev–Trinajstić information content (AvgIpc) is 2.04. The van der Waals surface area contributed by atoms with Crippen LogP contribution in [0.3, 0.4) is 0 Å². The Morgan fingerprint density at radius 2 is 1.64 bits per heavy atom. The maximum absolute atomic E-state index is 8.21. The van der Waals surface area contributed by atoms with Crippen LogP contribution in [0.4, 0.5) is 0 Å². The molecule has 0 rings (SSSR count). The number of thiol groups is 4. The third kappa shape index (κ3) is 18.4. The first-order chi connectivity index (χ1) is 5.08. The zero-order valence-corrected chi connectivity index (χ0v) is 10.1. The molecule has 1 nitrogen and oxygen atoms in total. The van der Waals surface area contributed by atoms with Crippen LogP contribution in [0.1, 0.15) is 13.3 Å². The van der Waals surface area contributed by atoms with E-state index in [4.69, 9.17) is 5.11 Å². The van der Waals surface area contributed by atoms with Crippen LogP contribution in [0.2, 0.25) is 0 Å². The van der Waals surface area contributed by atoms with Crippen molar-refractivity contribution >= 4 is 50.5 Å². The summed E-state index contributed by atoms with van der Waals surface area (Å²) in [6.45, 7) is 2.16. The van der Waals surface area contributed by atoms with Crippen LogP contribution in [0.15, 0.2) is 0 Å². The van der Waals surface area contributed by atoms with Crippen LogP contribution in [-0.4, -0.2) is 27.3 Å². The maximum Gasteiger partial charge on any atom is 0.0555 e. The van der Waals surface area contributed by atoms with Gasteiger partial charge in [0.25, 0.3) is 0 Å². The summed E-state index contributed by atoms with van der Waals surface area (Å²) < 4.78 is 0.273. The molecule has 0 aromatic carbocycles. The van der Waals surface area contributed by atoms with Gasteiger partial charge in [0.15, 0.2) is 0 Å². The fourth-order valence-electron chi connectivity index (χ4n) is 0.0577. The van der Waals surface area contributed by atoms with Crippen molar-refractivity contribution in [3.63, 3.8) is 0 Å². The predicted octanol–water partition coefficient (Wildman–Crippen LogP) is 1.79. The molecular weight excluding hydrogens is 216 g/mol. The number of rotatable bonds is 3. The van der Waals surface area contributed by atoms with E-state index in [-0.39, 0.29) is 16.4 Å². The van der Waals surface area contributed by atoms with Gasteiger partial charge < -0.3 is 5.11 Å². The van der Waals surface area contributed by atoms with Crippen molar-refractivity contribution in [3.05, 3.63) is 0 Å². The summed E-state index contributed by atoms with van der Waals surface area (Å²) in [4.78, 5) is 0. The van der Waals surface area contributed by atoms with Crippen molar-refractivity contribution in [3.8, 4) is 0 Å². The minimum atomic E-state index is 0.0494. The lowest BCUT2D eigenvalue weighted by Crippen LogP contribution is -2.04. The molecule has 0 aliphatic rings. The van der Waals surface area contributed by atoms with Crippen LogP contribution >= 0.6 is 50.5 Å². The predicted molar refractivity (Wildman–Crippen MR) is 65.8 cm³/mol. The third-order valence-electron chi connectivity index (χ3n) is 0.787. The largest absolute Gasteiger partial charge is 0.395 e. The van der Waals surface area contributed by atoms with Gasteiger partial charge in [0.1, 0.15) is 0 Å². The Morgan fingerprint density at radius 1 is 1.27 bits per heavy atom. The van der Waals surface area contributed by atoms with Crippen molar-refractivity contribution in [2.45, 2.75) is 23.2 Å². The van der Waals surface area contributed by atoms with Gasteiger partial charge in [0.2, 0.25) is 0 Å². The van der Waals surface area contributed by atoms with E-state index in [1.54, 1.807) is 0 Å². The Hall–Kier alpha value is 1.36. The van der Waals surface area contributed by atoms with Crippen molar-refractivity contribution in [1.82, 2.24) is 0 Å². The van der Waals surface area contributed by atoms with Crippen LogP contribution < -0.4 is 0 Å². The van der Waals surface area contributed by atoms with E-state index in [2.05, 4.69) is 50.5 Å². The number of hydrogen-bond acceptors (Lipinski definition) is 5. The second-order valence-corrected chi connectivity index (χ2v) is 4.66. The Bertz CT molecular complexity index is 65.6. The molecule has 0 saturated heterocycles. The lowest BCUT2D eigenvalue weighted by molar-refractivity contribution is 0.302. The van der Waals surface area contributed by atoms with E-state index in [9.17, 15) is 0 Å². The molecule has 0 radical (unpaired) electrons. The average molecular weight is 232 g/mol. The van der Waals surface area contributed by atoms with Gasteiger partial charge in [-0.15, -0.1) is 0 Å². The Morgan fingerprint density at radius 3 is 1.64 bits per heavy atom. The zero-order valence-electron chi connectivity index (χ0n) is 6.51. The summed E-state index contributed by atoms with van der Waals surface area (Å²) in [5.74, 6) is 0.639. The Labute approximate surface area is 91.0 Å². The summed E-state index contributed by atoms with van der Waals surface area (Å²) in [7, 11) is 0. The quantitative estimate of drug-likeness (QED) is 0.371. The molecule has 0 heterocycles. The third-order valence-corrected chi connectivity index (χ3v) is 2.59. The van der Waals surface area contributed by atoms with Crippen LogP contribution in [0, 0.1) is 0 Å². The topological polar surface area (TPSA) is 20.2 Å². The minimum Gasteiger partial charge on any atom is -0.395 e. The number of hydrogen-bond donors (Lipinski definition) is 5. The van der Waals surface area contributed by atoms with Gasteiger partial charge in [-0.1, -0.05) is 6.92 Å². The maximum atomic E-state index is 8.21. The minimum absolute atomic E-state index is 0.0494. The van der Waals surface area contributed by atoms with E-state index in [0.717, 1.165) is 6.42 Å². The van der Waals surface area contributed by atoms with Crippen molar-refractivity contribution in [2.75, 3.05) is 12.4 Å². The molecule has 0 aromatic heterocycles. The van der Waals surface area contributed by atoms with Gasteiger partial charge in [0.05, 0.1) is 6.61 Å². The van der Waals surface area contributed by atoms with E-state index in [1.807, 2.05) is 6.92 Å². The van der Waals surface area contributed by atoms with E-state index in [0.29, 0.717) is 5.75 Å². The zero-order chi connectivity index (χ0) is 9.28. The van der Waals surface area contributed by atoms with Crippen molar-refractivity contribution in [2.24, 2.45) is 0 Å². The van der Waals surface area contributed by atoms with Crippen LogP contribution in [0.25, 0.3) is 0 Å². The molecule has 0 bridgehead atoms. The summed E-state index contributed by atoms with van der Waals surface area (Å²) in [6.07, 6.45) is 1.03. The summed E-state index contributed by atoms with van der Waals surface area (Å²) in [5.41, 5.74) is 0. The molecule has 5 heteroatoms. The SMILES string of the molecule is CCC(S)S.OCC(S)CS. The van der Waals surface area contributed by atoms with Gasteiger partial charge in [0, 0.05) is 15.6 Å². The molecule has 70 valence electrons. The van der Waals surface area contributed by atoms with E-state index in [1.165, 1.54) is 0 Å². The highest BCUT2D eigenvalue weighted by Crippen LogP contribution is 2.01. The smallest absolute Gasteiger partial charge is 0.0555 e. The first kappa shape index (κ1) is 14.9.